The lowest BCUT2D eigenvalue weighted by molar-refractivity contribution is 0.247. The van der Waals surface area contributed by atoms with E-state index in [0.717, 1.165) is 25.8 Å². The van der Waals surface area contributed by atoms with Crippen LogP contribution in [0.4, 0.5) is 0 Å². The van der Waals surface area contributed by atoms with Crippen LogP contribution in [0.25, 0.3) is 0 Å². The maximum atomic E-state index is 8.79. The van der Waals surface area contributed by atoms with E-state index in [2.05, 4.69) is 18.3 Å². The van der Waals surface area contributed by atoms with E-state index in [1.807, 2.05) is 6.92 Å². The average Bonchev–Trinajstić information content (AvgIpc) is 2.14. The molecule has 0 bridgehead atoms. The second kappa shape index (κ2) is 8.03. The number of hydrogen-bond donors (Lipinski definition) is 2. The first-order valence-electron chi connectivity index (χ1n) is 4.98. The highest BCUT2D eigenvalue weighted by atomic mass is 16.3. The van der Waals surface area contributed by atoms with Crippen LogP contribution in [0, 0.1) is 17.2 Å². The second-order valence-corrected chi connectivity index (χ2v) is 3.43. The Kier molecular flexibility index (Phi) is 7.66. The van der Waals surface area contributed by atoms with Crippen LogP contribution in [0.15, 0.2) is 0 Å². The van der Waals surface area contributed by atoms with Crippen LogP contribution >= 0.6 is 0 Å². The van der Waals surface area contributed by atoms with Crippen LogP contribution in [-0.4, -0.2) is 24.3 Å². The average molecular weight is 184 g/mol. The van der Waals surface area contributed by atoms with E-state index in [1.54, 1.807) is 0 Å². The van der Waals surface area contributed by atoms with Gasteiger partial charge in [-0.3, -0.25) is 0 Å². The van der Waals surface area contributed by atoms with Gasteiger partial charge in [0.1, 0.15) is 0 Å². The number of rotatable bonds is 7. The van der Waals surface area contributed by atoms with Gasteiger partial charge in [-0.05, 0) is 32.2 Å². The smallest absolute Gasteiger partial charge is 0.0924 e. The Bertz CT molecular complexity index is 147. The summed E-state index contributed by atoms with van der Waals surface area (Å²) in [5.41, 5.74) is 0. The molecule has 0 aromatic carbocycles. The molecule has 0 heterocycles. The van der Waals surface area contributed by atoms with Crippen molar-refractivity contribution in [2.75, 3.05) is 13.2 Å². The summed E-state index contributed by atoms with van der Waals surface area (Å²) in [7, 11) is 0. The fourth-order valence-electron chi connectivity index (χ4n) is 1.33. The fourth-order valence-corrected chi connectivity index (χ4v) is 1.33. The van der Waals surface area contributed by atoms with Gasteiger partial charge >= 0.3 is 0 Å². The number of aliphatic hydroxyl groups excluding tert-OH is 1. The fraction of sp³-hybridized carbons (Fsp3) is 0.900. The van der Waals surface area contributed by atoms with Crippen molar-refractivity contribution in [1.29, 1.82) is 5.26 Å². The Balaban J connectivity index is 3.62. The van der Waals surface area contributed by atoms with Crippen molar-refractivity contribution in [2.24, 2.45) is 5.92 Å². The first kappa shape index (κ1) is 12.4. The molecular weight excluding hydrogens is 164 g/mol. The summed E-state index contributed by atoms with van der Waals surface area (Å²) in [4.78, 5) is 0. The summed E-state index contributed by atoms with van der Waals surface area (Å²) in [5, 5.41) is 20.5. The Morgan fingerprint density at radius 3 is 2.62 bits per heavy atom. The summed E-state index contributed by atoms with van der Waals surface area (Å²) >= 11 is 0. The molecule has 76 valence electrons. The predicted octanol–water partition coefficient (Wildman–Crippen LogP) is 1.29. The summed E-state index contributed by atoms with van der Waals surface area (Å²) in [6.07, 6.45) is 3.08. The molecule has 0 saturated heterocycles. The summed E-state index contributed by atoms with van der Waals surface area (Å²) < 4.78 is 0. The second-order valence-electron chi connectivity index (χ2n) is 3.43. The molecule has 3 nitrogen and oxygen atoms in total. The Morgan fingerprint density at radius 1 is 1.46 bits per heavy atom. The lowest BCUT2D eigenvalue weighted by Crippen LogP contribution is -2.30. The van der Waals surface area contributed by atoms with Crippen LogP contribution in [0.5, 0.6) is 0 Å². The van der Waals surface area contributed by atoms with Gasteiger partial charge in [-0.1, -0.05) is 13.3 Å². The minimum atomic E-state index is -0.0851. The molecule has 0 fully saturated rings. The van der Waals surface area contributed by atoms with Crippen LogP contribution in [0.2, 0.25) is 0 Å². The predicted molar refractivity (Wildman–Crippen MR) is 53.2 cm³/mol. The zero-order valence-corrected chi connectivity index (χ0v) is 8.58. The van der Waals surface area contributed by atoms with Gasteiger partial charge in [0.15, 0.2) is 0 Å². The molecule has 2 atom stereocenters. The highest BCUT2D eigenvalue weighted by molar-refractivity contribution is 4.85. The number of aliphatic hydroxyl groups is 1. The molecule has 0 amide bonds. The van der Waals surface area contributed by atoms with Crippen molar-refractivity contribution in [3.8, 4) is 6.07 Å². The highest BCUT2D eigenvalue weighted by Crippen LogP contribution is 2.09. The third-order valence-corrected chi connectivity index (χ3v) is 2.14. The van der Waals surface area contributed by atoms with E-state index >= 15 is 0 Å². The van der Waals surface area contributed by atoms with Gasteiger partial charge in [-0.2, -0.15) is 5.26 Å². The van der Waals surface area contributed by atoms with Crippen LogP contribution < -0.4 is 5.32 Å². The molecule has 2 unspecified atom stereocenters. The van der Waals surface area contributed by atoms with Gasteiger partial charge in [-0.25, -0.2) is 0 Å². The van der Waals surface area contributed by atoms with Gasteiger partial charge in [-0.15, -0.1) is 0 Å². The molecular formula is C10H20N2O. The highest BCUT2D eigenvalue weighted by Gasteiger charge is 2.08. The Hall–Kier alpha value is -0.590. The zero-order chi connectivity index (χ0) is 10.1. The van der Waals surface area contributed by atoms with Crippen LogP contribution in [0.1, 0.15) is 33.1 Å². The first-order valence-corrected chi connectivity index (χ1v) is 4.98. The number of nitriles is 1. The van der Waals surface area contributed by atoms with E-state index in [4.69, 9.17) is 10.4 Å². The minimum absolute atomic E-state index is 0.0851. The molecule has 0 aliphatic carbocycles. The molecule has 2 N–H and O–H groups in total. The van der Waals surface area contributed by atoms with E-state index in [1.165, 1.54) is 0 Å². The van der Waals surface area contributed by atoms with Crippen molar-refractivity contribution in [1.82, 2.24) is 5.32 Å². The van der Waals surface area contributed by atoms with Crippen LogP contribution in [0.3, 0.4) is 0 Å². The normalized spacial score (nSPS) is 14.9. The number of nitrogens with one attached hydrogen (secondary N) is 1. The maximum absolute atomic E-state index is 8.79. The molecule has 3 heteroatoms. The lowest BCUT2D eigenvalue weighted by Gasteiger charge is -2.16. The molecule has 13 heavy (non-hydrogen) atoms. The topological polar surface area (TPSA) is 56.0 Å². The van der Waals surface area contributed by atoms with Crippen molar-refractivity contribution in [2.45, 2.75) is 39.2 Å². The number of hydrogen-bond acceptors (Lipinski definition) is 3. The zero-order valence-electron chi connectivity index (χ0n) is 8.58. The third kappa shape index (κ3) is 6.56. The van der Waals surface area contributed by atoms with Gasteiger partial charge in [0.05, 0.1) is 12.1 Å². The summed E-state index contributed by atoms with van der Waals surface area (Å²) in [6.45, 7) is 5.07. The number of nitrogens with zero attached hydrogens (tertiary/aromatic N) is 1. The Morgan fingerprint density at radius 2 is 2.15 bits per heavy atom. The molecule has 0 aromatic heterocycles. The molecule has 0 saturated carbocycles. The molecule has 0 aliphatic rings. The van der Waals surface area contributed by atoms with Gasteiger partial charge < -0.3 is 10.4 Å². The standard InChI is InChI=1S/C10H20N2O/c1-3-4-10(5-6-13)8-12-9(2)7-11/h9-10,12-13H,3-6,8H2,1-2H3. The third-order valence-electron chi connectivity index (χ3n) is 2.14. The molecule has 0 spiro atoms. The Labute approximate surface area is 80.8 Å². The van der Waals surface area contributed by atoms with Crippen molar-refractivity contribution in [3.05, 3.63) is 0 Å². The molecule has 0 aliphatic heterocycles. The quantitative estimate of drug-likeness (QED) is 0.627. The van der Waals surface area contributed by atoms with E-state index in [0.29, 0.717) is 5.92 Å². The van der Waals surface area contributed by atoms with E-state index in [-0.39, 0.29) is 12.6 Å². The maximum Gasteiger partial charge on any atom is 0.0924 e. The first-order chi connectivity index (χ1) is 6.24. The van der Waals surface area contributed by atoms with E-state index in [9.17, 15) is 0 Å². The van der Waals surface area contributed by atoms with Gasteiger partial charge in [0, 0.05) is 6.61 Å². The SMILES string of the molecule is CCCC(CCO)CNC(C)C#N. The van der Waals surface area contributed by atoms with E-state index < -0.39 is 0 Å². The molecule has 0 radical (unpaired) electrons. The van der Waals surface area contributed by atoms with Gasteiger partial charge in [0.2, 0.25) is 0 Å². The van der Waals surface area contributed by atoms with Crippen molar-refractivity contribution < 1.29 is 5.11 Å². The largest absolute Gasteiger partial charge is 0.396 e. The molecule has 0 rings (SSSR count). The molecule has 0 aromatic rings. The van der Waals surface area contributed by atoms with Crippen LogP contribution in [-0.2, 0) is 0 Å². The monoisotopic (exact) mass is 184 g/mol. The van der Waals surface area contributed by atoms with Crippen molar-refractivity contribution in [3.63, 3.8) is 0 Å². The lowest BCUT2D eigenvalue weighted by atomic mass is 10.00. The van der Waals surface area contributed by atoms with Crippen molar-refractivity contribution >= 4 is 0 Å². The minimum Gasteiger partial charge on any atom is -0.396 e. The summed E-state index contributed by atoms with van der Waals surface area (Å²) in [6, 6.07) is 2.05. The summed E-state index contributed by atoms with van der Waals surface area (Å²) in [5.74, 6) is 0.505. The van der Waals surface area contributed by atoms with Gasteiger partial charge in [0.25, 0.3) is 0 Å².